The van der Waals surface area contributed by atoms with Gasteiger partial charge in [-0.2, -0.15) is 17.7 Å². The summed E-state index contributed by atoms with van der Waals surface area (Å²) >= 11 is 0. The maximum atomic E-state index is 14.1. The summed E-state index contributed by atoms with van der Waals surface area (Å²) < 4.78 is 48.9. The van der Waals surface area contributed by atoms with Crippen molar-refractivity contribution in [1.29, 1.82) is 0 Å². The molecule has 1 N–H and O–H groups in total. The Labute approximate surface area is 207 Å². The summed E-state index contributed by atoms with van der Waals surface area (Å²) in [5.74, 6) is 0.972. The van der Waals surface area contributed by atoms with E-state index in [0.717, 1.165) is 0 Å². The standard InChI is InChI=1S/C25H18F3N7O2/c1-37-15-7-5-14(6-8-15)20-33-21-16-3-2-4-17(24(9-10-24)25(26,27)28)19(16)32-23(35(21)34-20)31-18-13-29-11-12-30-22(18)36/h2-8,11-13H,9-10H2,1H3,(H,30,31,32,36). The van der Waals surface area contributed by atoms with Gasteiger partial charge in [0.25, 0.3) is 5.56 Å². The summed E-state index contributed by atoms with van der Waals surface area (Å²) in [6.07, 6.45) is -0.645. The minimum absolute atomic E-state index is 0.00656. The fourth-order valence-electron chi connectivity index (χ4n) is 4.38. The van der Waals surface area contributed by atoms with Gasteiger partial charge in [0.15, 0.2) is 11.5 Å². The van der Waals surface area contributed by atoms with Gasteiger partial charge in [0.1, 0.15) is 11.4 Å². The zero-order valence-corrected chi connectivity index (χ0v) is 19.3. The highest BCUT2D eigenvalue weighted by Gasteiger charge is 2.64. The first-order valence-corrected chi connectivity index (χ1v) is 11.3. The van der Waals surface area contributed by atoms with E-state index in [1.54, 1.807) is 43.5 Å². The van der Waals surface area contributed by atoms with Gasteiger partial charge in [-0.1, -0.05) is 12.1 Å². The summed E-state index contributed by atoms with van der Waals surface area (Å²) in [6.45, 7) is 0. The predicted molar refractivity (Wildman–Crippen MR) is 129 cm³/mol. The molecule has 5 aromatic rings. The topological polar surface area (TPSA) is 107 Å². The third kappa shape index (κ3) is 3.72. The van der Waals surface area contributed by atoms with E-state index < -0.39 is 17.2 Å². The number of nitrogens with one attached hydrogen (secondary N) is 1. The quantitative estimate of drug-likeness (QED) is 0.374. The summed E-state index contributed by atoms with van der Waals surface area (Å²) in [5.41, 5.74) is -1.47. The van der Waals surface area contributed by atoms with Gasteiger partial charge in [-0.15, -0.1) is 5.10 Å². The highest BCUT2D eigenvalue weighted by Crippen LogP contribution is 2.60. The zero-order valence-electron chi connectivity index (χ0n) is 19.3. The average Bonchev–Trinajstić information content (AvgIpc) is 3.63. The Morgan fingerprint density at radius 1 is 1.05 bits per heavy atom. The highest BCUT2D eigenvalue weighted by atomic mass is 19.4. The first kappa shape index (κ1) is 22.8. The number of nitrogens with zero attached hydrogens (tertiary/aromatic N) is 6. The van der Waals surface area contributed by atoms with Gasteiger partial charge >= 0.3 is 6.18 Å². The van der Waals surface area contributed by atoms with Crippen molar-refractivity contribution >= 4 is 28.2 Å². The molecule has 3 heterocycles. The second-order valence-corrected chi connectivity index (χ2v) is 8.67. The molecule has 1 fully saturated rings. The van der Waals surface area contributed by atoms with Crippen LogP contribution < -0.4 is 15.6 Å². The zero-order chi connectivity index (χ0) is 25.8. The number of hydrogen-bond donors (Lipinski definition) is 1. The van der Waals surface area contributed by atoms with Gasteiger partial charge in [0.2, 0.25) is 5.95 Å². The van der Waals surface area contributed by atoms with Crippen LogP contribution in [0.15, 0.2) is 65.8 Å². The maximum absolute atomic E-state index is 14.1. The van der Waals surface area contributed by atoms with Crippen LogP contribution >= 0.6 is 0 Å². The highest BCUT2D eigenvalue weighted by molar-refractivity contribution is 5.96. The van der Waals surface area contributed by atoms with Crippen molar-refractivity contribution in [1.82, 2.24) is 29.5 Å². The van der Waals surface area contributed by atoms with Crippen molar-refractivity contribution < 1.29 is 17.9 Å². The minimum Gasteiger partial charge on any atom is -0.497 e. The number of ether oxygens (including phenoxy) is 1. The van der Waals surface area contributed by atoms with Crippen LogP contribution in [0.4, 0.5) is 24.8 Å². The molecule has 0 saturated heterocycles. The molecule has 37 heavy (non-hydrogen) atoms. The number of hydrogen-bond acceptors (Lipinski definition) is 8. The fourth-order valence-corrected chi connectivity index (χ4v) is 4.38. The third-order valence-electron chi connectivity index (χ3n) is 6.48. The van der Waals surface area contributed by atoms with Crippen molar-refractivity contribution in [3.8, 4) is 17.1 Å². The van der Waals surface area contributed by atoms with E-state index >= 15 is 0 Å². The first-order valence-electron chi connectivity index (χ1n) is 11.3. The van der Waals surface area contributed by atoms with Gasteiger partial charge in [-0.05, 0) is 48.7 Å². The number of benzene rings is 2. The lowest BCUT2D eigenvalue weighted by molar-refractivity contribution is -0.160. The Kier molecular flexibility index (Phi) is 5.07. The average molecular weight is 505 g/mol. The molecule has 0 atom stereocenters. The second-order valence-electron chi connectivity index (χ2n) is 8.67. The van der Waals surface area contributed by atoms with E-state index in [9.17, 15) is 18.0 Å². The molecule has 12 heteroatoms. The normalized spacial score (nSPS) is 14.6. The van der Waals surface area contributed by atoms with E-state index in [4.69, 9.17) is 4.74 Å². The number of fused-ring (bicyclic) bond motifs is 3. The van der Waals surface area contributed by atoms with E-state index in [2.05, 4.69) is 30.4 Å². The van der Waals surface area contributed by atoms with E-state index in [-0.39, 0.29) is 41.2 Å². The van der Waals surface area contributed by atoms with Crippen molar-refractivity contribution in [3.63, 3.8) is 0 Å². The largest absolute Gasteiger partial charge is 0.497 e. The molecule has 1 saturated carbocycles. The summed E-state index contributed by atoms with van der Waals surface area (Å²) in [4.78, 5) is 29.3. The van der Waals surface area contributed by atoms with Crippen LogP contribution in [-0.4, -0.2) is 42.8 Å². The van der Waals surface area contributed by atoms with Crippen LogP contribution in [0.2, 0.25) is 0 Å². The molecular weight excluding hydrogens is 487 g/mol. The number of alkyl halides is 3. The molecular formula is C25H18F3N7O2. The molecule has 9 nitrogen and oxygen atoms in total. The van der Waals surface area contributed by atoms with Crippen LogP contribution in [0.3, 0.4) is 0 Å². The van der Waals surface area contributed by atoms with Gasteiger partial charge in [0, 0.05) is 23.3 Å². The monoisotopic (exact) mass is 505 g/mol. The molecule has 1 aliphatic carbocycles. The molecule has 0 aliphatic heterocycles. The van der Waals surface area contributed by atoms with Crippen LogP contribution in [0.5, 0.6) is 5.75 Å². The summed E-state index contributed by atoms with van der Waals surface area (Å²) in [7, 11) is 1.55. The Morgan fingerprint density at radius 2 is 1.84 bits per heavy atom. The maximum Gasteiger partial charge on any atom is 0.398 e. The Morgan fingerprint density at radius 3 is 2.54 bits per heavy atom. The van der Waals surface area contributed by atoms with Gasteiger partial charge in [-0.3, -0.25) is 9.78 Å². The Hall–Kier alpha value is -4.61. The number of rotatable bonds is 5. The van der Waals surface area contributed by atoms with Crippen LogP contribution in [0.25, 0.3) is 27.9 Å². The fraction of sp³-hybridized carbons (Fsp3) is 0.200. The molecule has 186 valence electrons. The predicted octanol–water partition coefficient (Wildman–Crippen LogP) is 4.44. The van der Waals surface area contributed by atoms with Gasteiger partial charge in [0.05, 0.1) is 24.2 Å². The molecule has 0 amide bonds. The molecule has 0 unspecified atom stereocenters. The lowest BCUT2D eigenvalue weighted by Gasteiger charge is -2.21. The van der Waals surface area contributed by atoms with Crippen LogP contribution in [0, 0.1) is 0 Å². The second kappa shape index (κ2) is 8.22. The molecule has 2 aromatic carbocycles. The molecule has 6 rings (SSSR count). The number of methoxy groups -OCH3 is 1. The minimum atomic E-state index is -4.44. The lowest BCUT2D eigenvalue weighted by Crippen LogP contribution is -2.29. The summed E-state index contributed by atoms with van der Waals surface area (Å²) in [6, 6.07) is 11.7. The third-order valence-corrected chi connectivity index (χ3v) is 6.48. The Bertz CT molecular complexity index is 1710. The van der Waals surface area contributed by atoms with Crippen molar-refractivity contribution in [2.24, 2.45) is 0 Å². The number of anilines is 2. The Balaban J connectivity index is 1.62. The van der Waals surface area contributed by atoms with E-state index in [0.29, 0.717) is 22.5 Å². The summed E-state index contributed by atoms with van der Waals surface area (Å²) in [5, 5.41) is 7.83. The molecule has 0 spiro atoms. The first-order chi connectivity index (χ1) is 17.8. The lowest BCUT2D eigenvalue weighted by atomic mass is 9.93. The van der Waals surface area contributed by atoms with E-state index in [1.165, 1.54) is 29.2 Å². The van der Waals surface area contributed by atoms with Crippen LogP contribution in [0.1, 0.15) is 18.4 Å². The van der Waals surface area contributed by atoms with Crippen LogP contribution in [-0.2, 0) is 5.41 Å². The molecule has 0 radical (unpaired) electrons. The number of para-hydroxylation sites is 1. The van der Waals surface area contributed by atoms with Crippen molar-refractivity contribution in [3.05, 3.63) is 77.0 Å². The van der Waals surface area contributed by atoms with Crippen molar-refractivity contribution in [2.45, 2.75) is 24.4 Å². The van der Waals surface area contributed by atoms with Crippen molar-refractivity contribution in [2.75, 3.05) is 12.4 Å². The van der Waals surface area contributed by atoms with Gasteiger partial charge < -0.3 is 10.1 Å². The van der Waals surface area contributed by atoms with Gasteiger partial charge in [-0.25, -0.2) is 15.0 Å². The molecule has 1 aliphatic rings. The number of aromatic nitrogens is 6. The number of halogens is 3. The SMILES string of the molecule is COc1ccc(-c2nc3c4cccc(C5(C(F)(F)F)CC5)c4nc(Nc4cnccnc4=O)n3n2)cc1. The van der Waals surface area contributed by atoms with E-state index in [1.807, 2.05) is 0 Å². The molecule has 3 aromatic heterocycles. The smallest absolute Gasteiger partial charge is 0.398 e. The molecule has 0 bridgehead atoms.